The minimum absolute atomic E-state index is 0.0613. The van der Waals surface area contributed by atoms with Crippen LogP contribution in [0.5, 0.6) is 0 Å². The molecule has 0 amide bonds. The fraction of sp³-hybridized carbons (Fsp3) is 0.391. The van der Waals surface area contributed by atoms with Crippen LogP contribution < -0.4 is 26.3 Å². The maximum Gasteiger partial charge on any atom is 0.184 e. The third kappa shape index (κ3) is 5.72. The number of anilines is 2. The monoisotopic (exact) mass is 523 g/mol. The molecule has 1 atom stereocenters. The fourth-order valence-corrected chi connectivity index (χ4v) is 4.79. The van der Waals surface area contributed by atoms with Crippen LogP contribution in [-0.2, 0) is 0 Å². The highest BCUT2D eigenvalue weighted by Gasteiger charge is 2.27. The zero-order valence-corrected chi connectivity index (χ0v) is 21.2. The van der Waals surface area contributed by atoms with E-state index in [0.29, 0.717) is 34.4 Å². The molecule has 1 unspecified atom stereocenters. The van der Waals surface area contributed by atoms with Gasteiger partial charge in [-0.2, -0.15) is 5.10 Å². The van der Waals surface area contributed by atoms with E-state index in [0.717, 1.165) is 44.0 Å². The van der Waals surface area contributed by atoms with Gasteiger partial charge in [0.15, 0.2) is 5.11 Å². The molecule has 34 heavy (non-hydrogen) atoms. The Balaban J connectivity index is 1.58. The first-order chi connectivity index (χ1) is 16.3. The van der Waals surface area contributed by atoms with E-state index in [4.69, 9.17) is 41.2 Å². The fourth-order valence-electron chi connectivity index (χ4n) is 4.44. The highest BCUT2D eigenvalue weighted by molar-refractivity contribution is 7.80. The molecule has 0 radical (unpaired) electrons. The Morgan fingerprint density at radius 1 is 1.15 bits per heavy atom. The lowest BCUT2D eigenvalue weighted by Crippen LogP contribution is -2.47. The van der Waals surface area contributed by atoms with Crippen LogP contribution >= 0.6 is 35.4 Å². The number of halogens is 3. The molecule has 2 aliphatic heterocycles. The Kier molecular flexibility index (Phi) is 8.10. The van der Waals surface area contributed by atoms with Crippen molar-refractivity contribution in [2.45, 2.75) is 6.04 Å². The molecule has 0 saturated carbocycles. The topological polar surface area (TPSA) is 72.2 Å². The van der Waals surface area contributed by atoms with Gasteiger partial charge in [-0.05, 0) is 55.2 Å². The van der Waals surface area contributed by atoms with Crippen LogP contribution in [0.4, 0.5) is 15.8 Å². The summed E-state index contributed by atoms with van der Waals surface area (Å²) >= 11 is 17.1. The number of nitrogens with one attached hydrogen (secondary N) is 2. The quantitative estimate of drug-likeness (QED) is 0.315. The number of nitrogens with zero attached hydrogens (tertiary/aromatic N) is 4. The van der Waals surface area contributed by atoms with Crippen molar-refractivity contribution in [1.82, 2.24) is 15.6 Å². The van der Waals surface area contributed by atoms with E-state index in [1.165, 1.54) is 0 Å². The van der Waals surface area contributed by atoms with Crippen LogP contribution in [0, 0.1) is 5.82 Å². The molecule has 0 bridgehead atoms. The summed E-state index contributed by atoms with van der Waals surface area (Å²) in [6.07, 6.45) is 1.58. The van der Waals surface area contributed by atoms with Crippen molar-refractivity contribution in [2.24, 2.45) is 10.8 Å². The van der Waals surface area contributed by atoms with Gasteiger partial charge in [-0.1, -0.05) is 23.2 Å². The number of hydrazone groups is 1. The van der Waals surface area contributed by atoms with E-state index < -0.39 is 0 Å². The van der Waals surface area contributed by atoms with Gasteiger partial charge in [0.2, 0.25) is 0 Å². The lowest BCUT2D eigenvalue weighted by Gasteiger charge is -2.39. The second kappa shape index (κ2) is 11.0. The van der Waals surface area contributed by atoms with Crippen molar-refractivity contribution < 1.29 is 4.39 Å². The summed E-state index contributed by atoms with van der Waals surface area (Å²) in [7, 11) is 2.08. The first-order valence-corrected chi connectivity index (χ1v) is 12.3. The summed E-state index contributed by atoms with van der Waals surface area (Å²) in [4.78, 5) is 6.60. The summed E-state index contributed by atoms with van der Waals surface area (Å²) in [5, 5.41) is 8.64. The normalized spacial score (nSPS) is 19.6. The number of benzene rings is 2. The Labute approximate surface area is 214 Å². The van der Waals surface area contributed by atoms with Crippen molar-refractivity contribution in [3.05, 3.63) is 57.3 Å². The standard InChI is InChI=1S/C23H28Cl2FN7S/c1-31-5-4-28-14-22(31)17-12-21(20(26)10-15(17)13-29-30-23(27)34)33-8-6-32(7-9-33)16-2-3-18(24)19(25)11-16/h2-3,10-13,22,28H,4-9,14H2,1H3,(H3,27,30,34). The summed E-state index contributed by atoms with van der Waals surface area (Å²) in [5.41, 5.74) is 11.3. The molecule has 2 fully saturated rings. The number of hydrogen-bond acceptors (Lipinski definition) is 6. The number of likely N-dealkylation sites (N-methyl/N-ethyl adjacent to an activating group) is 1. The molecule has 2 aliphatic rings. The molecule has 11 heteroatoms. The predicted octanol–water partition coefficient (Wildman–Crippen LogP) is 3.20. The lowest BCUT2D eigenvalue weighted by atomic mass is 9.96. The average molecular weight is 524 g/mol. The molecule has 2 heterocycles. The molecular formula is C23H28Cl2FN7S. The van der Waals surface area contributed by atoms with Crippen LogP contribution in [-0.4, -0.2) is 69.1 Å². The average Bonchev–Trinajstić information content (AvgIpc) is 2.81. The van der Waals surface area contributed by atoms with E-state index in [1.807, 2.05) is 18.2 Å². The molecule has 2 aromatic carbocycles. The van der Waals surface area contributed by atoms with E-state index in [-0.39, 0.29) is 17.0 Å². The largest absolute Gasteiger partial charge is 0.375 e. The molecule has 0 aromatic heterocycles. The van der Waals surface area contributed by atoms with Gasteiger partial charge in [0, 0.05) is 63.1 Å². The minimum atomic E-state index is -0.282. The van der Waals surface area contributed by atoms with Gasteiger partial charge in [-0.15, -0.1) is 0 Å². The van der Waals surface area contributed by atoms with Crippen molar-refractivity contribution >= 4 is 58.1 Å². The van der Waals surface area contributed by atoms with Crippen LogP contribution in [0.3, 0.4) is 0 Å². The number of rotatable bonds is 5. The minimum Gasteiger partial charge on any atom is -0.375 e. The van der Waals surface area contributed by atoms with Crippen LogP contribution in [0.2, 0.25) is 10.0 Å². The first-order valence-electron chi connectivity index (χ1n) is 11.1. The summed E-state index contributed by atoms with van der Waals surface area (Å²) < 4.78 is 15.3. The van der Waals surface area contributed by atoms with Gasteiger partial charge in [0.05, 0.1) is 21.9 Å². The van der Waals surface area contributed by atoms with Crippen molar-refractivity contribution in [2.75, 3.05) is 62.7 Å². The zero-order valence-electron chi connectivity index (χ0n) is 18.9. The maximum atomic E-state index is 15.3. The van der Waals surface area contributed by atoms with Gasteiger partial charge in [0.1, 0.15) is 5.82 Å². The second-order valence-corrected chi connectivity index (χ2v) is 9.69. The molecule has 7 nitrogen and oxygen atoms in total. The van der Waals surface area contributed by atoms with E-state index in [2.05, 4.69) is 37.6 Å². The molecule has 0 spiro atoms. The summed E-state index contributed by atoms with van der Waals surface area (Å²) in [6, 6.07) is 9.24. The maximum absolute atomic E-state index is 15.3. The van der Waals surface area contributed by atoms with Crippen molar-refractivity contribution in [3.63, 3.8) is 0 Å². The van der Waals surface area contributed by atoms with Crippen LogP contribution in [0.25, 0.3) is 0 Å². The van der Waals surface area contributed by atoms with Gasteiger partial charge >= 0.3 is 0 Å². The van der Waals surface area contributed by atoms with E-state index in [1.54, 1.807) is 18.3 Å². The van der Waals surface area contributed by atoms with Gasteiger partial charge in [-0.25, -0.2) is 4.39 Å². The first kappa shape index (κ1) is 24.9. The van der Waals surface area contributed by atoms with Crippen molar-refractivity contribution in [1.29, 1.82) is 0 Å². The highest BCUT2D eigenvalue weighted by atomic mass is 35.5. The second-order valence-electron chi connectivity index (χ2n) is 8.44. The number of piperazine rings is 2. The molecule has 4 rings (SSSR count). The summed E-state index contributed by atoms with van der Waals surface area (Å²) in [5.74, 6) is -0.282. The predicted molar refractivity (Wildman–Crippen MR) is 143 cm³/mol. The molecule has 0 aliphatic carbocycles. The lowest BCUT2D eigenvalue weighted by molar-refractivity contribution is 0.202. The Hall–Kier alpha value is -2.17. The molecule has 182 valence electrons. The third-order valence-corrected chi connectivity index (χ3v) is 7.12. The molecule has 2 aromatic rings. The Morgan fingerprint density at radius 2 is 1.88 bits per heavy atom. The third-order valence-electron chi connectivity index (χ3n) is 6.29. The Bertz CT molecular complexity index is 1080. The molecule has 2 saturated heterocycles. The smallest absolute Gasteiger partial charge is 0.184 e. The SMILES string of the molecule is CN1CCNCC1c1cc(N2CCN(c3ccc(Cl)c(Cl)c3)CC2)c(F)cc1C=NNC(N)=S. The summed E-state index contributed by atoms with van der Waals surface area (Å²) in [6.45, 7) is 5.47. The van der Waals surface area contributed by atoms with Crippen LogP contribution in [0.1, 0.15) is 17.2 Å². The van der Waals surface area contributed by atoms with Gasteiger partial charge in [-0.3, -0.25) is 10.3 Å². The number of hydrogen-bond donors (Lipinski definition) is 3. The highest BCUT2D eigenvalue weighted by Crippen LogP contribution is 2.32. The molecule has 4 N–H and O–H groups in total. The number of nitrogens with two attached hydrogens (primary N) is 1. The Morgan fingerprint density at radius 3 is 2.56 bits per heavy atom. The zero-order chi connectivity index (χ0) is 24.2. The van der Waals surface area contributed by atoms with Crippen molar-refractivity contribution in [3.8, 4) is 0 Å². The van der Waals surface area contributed by atoms with Gasteiger partial charge < -0.3 is 20.9 Å². The molecular weight excluding hydrogens is 496 g/mol. The van der Waals surface area contributed by atoms with Gasteiger partial charge in [0.25, 0.3) is 0 Å². The van der Waals surface area contributed by atoms with E-state index in [9.17, 15) is 0 Å². The number of thiocarbonyl (C=S) groups is 1. The van der Waals surface area contributed by atoms with Crippen LogP contribution in [0.15, 0.2) is 35.4 Å². The van der Waals surface area contributed by atoms with E-state index >= 15 is 4.39 Å².